The van der Waals surface area contributed by atoms with E-state index in [0.717, 1.165) is 12.8 Å². The standard InChI is InChI=1S/C7H16N2O4S/c8-7(10)9-5-3-1-2-4-6-14(11,12)13/h1-6H2,(H3,8,9,10)(H,11,12,13). The van der Waals surface area contributed by atoms with Crippen LogP contribution in [0.1, 0.15) is 25.7 Å². The van der Waals surface area contributed by atoms with E-state index < -0.39 is 16.1 Å². The fourth-order valence-corrected chi connectivity index (χ4v) is 1.54. The van der Waals surface area contributed by atoms with Gasteiger partial charge in [-0.3, -0.25) is 4.55 Å². The molecule has 0 aliphatic carbocycles. The molecular weight excluding hydrogens is 208 g/mol. The molecule has 14 heavy (non-hydrogen) atoms. The van der Waals surface area contributed by atoms with Gasteiger partial charge in [0.1, 0.15) is 0 Å². The molecule has 0 spiro atoms. The molecule has 0 bridgehead atoms. The van der Waals surface area contributed by atoms with Gasteiger partial charge in [-0.2, -0.15) is 8.42 Å². The highest BCUT2D eigenvalue weighted by atomic mass is 32.2. The maximum absolute atomic E-state index is 10.3. The Kier molecular flexibility index (Phi) is 6.22. The monoisotopic (exact) mass is 224 g/mol. The van der Waals surface area contributed by atoms with Crippen molar-refractivity contribution in [3.63, 3.8) is 0 Å². The third-order valence-electron chi connectivity index (χ3n) is 1.63. The highest BCUT2D eigenvalue weighted by Gasteiger charge is 2.02. The van der Waals surface area contributed by atoms with Crippen molar-refractivity contribution in [3.05, 3.63) is 0 Å². The summed E-state index contributed by atoms with van der Waals surface area (Å²) in [5, 5.41) is 2.42. The van der Waals surface area contributed by atoms with E-state index in [-0.39, 0.29) is 5.75 Å². The van der Waals surface area contributed by atoms with Crippen LogP contribution in [-0.2, 0) is 10.1 Å². The Bertz CT molecular complexity index is 263. The Balaban J connectivity index is 3.19. The van der Waals surface area contributed by atoms with E-state index in [2.05, 4.69) is 5.32 Å². The van der Waals surface area contributed by atoms with Crippen LogP contribution < -0.4 is 11.1 Å². The number of nitrogens with two attached hydrogens (primary N) is 1. The Hall–Kier alpha value is -0.820. The van der Waals surface area contributed by atoms with Crippen LogP contribution in [0.5, 0.6) is 0 Å². The SMILES string of the molecule is NC(=O)NCCCCCCS(=O)(=O)O. The molecule has 0 fully saturated rings. The minimum atomic E-state index is -3.82. The first-order chi connectivity index (χ1) is 6.42. The van der Waals surface area contributed by atoms with Crippen LogP contribution in [-0.4, -0.2) is 31.3 Å². The Labute approximate surface area is 83.6 Å². The van der Waals surface area contributed by atoms with Gasteiger partial charge in [-0.15, -0.1) is 0 Å². The van der Waals surface area contributed by atoms with Crippen molar-refractivity contribution < 1.29 is 17.8 Å². The molecule has 0 aromatic heterocycles. The van der Waals surface area contributed by atoms with E-state index in [9.17, 15) is 13.2 Å². The van der Waals surface area contributed by atoms with Crippen molar-refractivity contribution in [3.8, 4) is 0 Å². The quantitative estimate of drug-likeness (QED) is 0.421. The zero-order valence-corrected chi connectivity index (χ0v) is 8.72. The molecule has 0 unspecified atom stereocenters. The number of unbranched alkanes of at least 4 members (excludes halogenated alkanes) is 3. The number of rotatable bonds is 7. The fraction of sp³-hybridized carbons (Fsp3) is 0.857. The van der Waals surface area contributed by atoms with Crippen LogP contribution in [0.4, 0.5) is 4.79 Å². The highest BCUT2D eigenvalue weighted by molar-refractivity contribution is 7.85. The first-order valence-electron chi connectivity index (χ1n) is 4.40. The van der Waals surface area contributed by atoms with Crippen LogP contribution in [0.15, 0.2) is 0 Å². The average molecular weight is 224 g/mol. The molecule has 84 valence electrons. The zero-order chi connectivity index (χ0) is 11.0. The Morgan fingerprint density at radius 3 is 2.29 bits per heavy atom. The summed E-state index contributed by atoms with van der Waals surface area (Å²) in [7, 11) is -3.82. The third-order valence-corrected chi connectivity index (χ3v) is 2.43. The minimum absolute atomic E-state index is 0.198. The van der Waals surface area contributed by atoms with Crippen molar-refractivity contribution in [1.82, 2.24) is 5.32 Å². The van der Waals surface area contributed by atoms with E-state index in [1.165, 1.54) is 0 Å². The molecule has 4 N–H and O–H groups in total. The second kappa shape index (κ2) is 6.61. The maximum Gasteiger partial charge on any atom is 0.312 e. The highest BCUT2D eigenvalue weighted by Crippen LogP contribution is 2.00. The Morgan fingerprint density at radius 2 is 1.79 bits per heavy atom. The minimum Gasteiger partial charge on any atom is -0.352 e. The van der Waals surface area contributed by atoms with Gasteiger partial charge >= 0.3 is 6.03 Å². The summed E-state index contributed by atoms with van der Waals surface area (Å²) in [4.78, 5) is 10.2. The fourth-order valence-electron chi connectivity index (χ4n) is 0.975. The average Bonchev–Trinajstić information content (AvgIpc) is 2.00. The topological polar surface area (TPSA) is 109 Å². The van der Waals surface area contributed by atoms with E-state index >= 15 is 0 Å². The first kappa shape index (κ1) is 13.2. The normalized spacial score (nSPS) is 11.2. The summed E-state index contributed by atoms with van der Waals surface area (Å²) in [6.45, 7) is 0.501. The molecule has 0 atom stereocenters. The number of carbonyl (C=O) groups excluding carboxylic acids is 1. The smallest absolute Gasteiger partial charge is 0.312 e. The van der Waals surface area contributed by atoms with Crippen molar-refractivity contribution in [2.24, 2.45) is 5.73 Å². The molecule has 0 heterocycles. The number of hydrogen-bond acceptors (Lipinski definition) is 3. The van der Waals surface area contributed by atoms with Crippen LogP contribution in [0, 0.1) is 0 Å². The van der Waals surface area contributed by atoms with Crippen molar-refractivity contribution in [2.75, 3.05) is 12.3 Å². The van der Waals surface area contributed by atoms with Gasteiger partial charge in [0.2, 0.25) is 0 Å². The second-order valence-electron chi connectivity index (χ2n) is 2.99. The number of hydrogen-bond donors (Lipinski definition) is 3. The molecule has 0 radical (unpaired) electrons. The maximum atomic E-state index is 10.3. The van der Waals surface area contributed by atoms with E-state index in [0.29, 0.717) is 19.4 Å². The predicted molar refractivity (Wildman–Crippen MR) is 52.5 cm³/mol. The third kappa shape index (κ3) is 11.2. The zero-order valence-electron chi connectivity index (χ0n) is 7.90. The molecule has 2 amide bonds. The molecule has 0 aliphatic rings. The number of urea groups is 1. The largest absolute Gasteiger partial charge is 0.352 e. The lowest BCUT2D eigenvalue weighted by Gasteiger charge is -2.01. The molecular formula is C7H16N2O4S. The molecule has 6 nitrogen and oxygen atoms in total. The van der Waals surface area contributed by atoms with Crippen molar-refractivity contribution >= 4 is 16.1 Å². The lowest BCUT2D eigenvalue weighted by molar-refractivity contribution is 0.248. The van der Waals surface area contributed by atoms with Gasteiger partial charge in [0, 0.05) is 6.54 Å². The van der Waals surface area contributed by atoms with Gasteiger partial charge in [0.15, 0.2) is 0 Å². The second-order valence-corrected chi connectivity index (χ2v) is 4.56. The number of amides is 2. The van der Waals surface area contributed by atoms with Gasteiger partial charge in [-0.25, -0.2) is 4.79 Å². The molecule has 0 rings (SSSR count). The van der Waals surface area contributed by atoms with Crippen molar-refractivity contribution in [2.45, 2.75) is 25.7 Å². The Morgan fingerprint density at radius 1 is 1.21 bits per heavy atom. The number of carbonyl (C=O) groups is 1. The van der Waals surface area contributed by atoms with Gasteiger partial charge in [0.25, 0.3) is 10.1 Å². The number of nitrogens with one attached hydrogen (secondary N) is 1. The summed E-state index contributed by atoms with van der Waals surface area (Å²) in [6.07, 6.45) is 2.71. The molecule has 0 saturated heterocycles. The molecule has 0 aliphatic heterocycles. The molecule has 0 aromatic rings. The summed E-state index contributed by atoms with van der Waals surface area (Å²) in [5.74, 6) is -0.198. The van der Waals surface area contributed by atoms with Crippen molar-refractivity contribution in [1.29, 1.82) is 0 Å². The number of primary amides is 1. The molecule has 7 heteroatoms. The van der Waals surface area contributed by atoms with Gasteiger partial charge in [0.05, 0.1) is 5.75 Å². The molecule has 0 saturated carbocycles. The van der Waals surface area contributed by atoms with Gasteiger partial charge in [-0.1, -0.05) is 12.8 Å². The summed E-state index contributed by atoms with van der Waals surface area (Å²) >= 11 is 0. The molecule has 0 aromatic carbocycles. The van der Waals surface area contributed by atoms with Crippen LogP contribution in [0.25, 0.3) is 0 Å². The van der Waals surface area contributed by atoms with E-state index in [1.807, 2.05) is 0 Å². The summed E-state index contributed by atoms with van der Waals surface area (Å²) in [5.41, 5.74) is 4.83. The van der Waals surface area contributed by atoms with Gasteiger partial charge < -0.3 is 11.1 Å². The summed E-state index contributed by atoms with van der Waals surface area (Å²) in [6, 6.07) is -0.553. The van der Waals surface area contributed by atoms with Crippen LogP contribution in [0.2, 0.25) is 0 Å². The lowest BCUT2D eigenvalue weighted by Crippen LogP contribution is -2.29. The van der Waals surface area contributed by atoms with Crippen LogP contribution >= 0.6 is 0 Å². The van der Waals surface area contributed by atoms with Crippen LogP contribution in [0.3, 0.4) is 0 Å². The summed E-state index contributed by atoms with van der Waals surface area (Å²) < 4.78 is 29.0. The van der Waals surface area contributed by atoms with E-state index in [4.69, 9.17) is 10.3 Å². The lowest BCUT2D eigenvalue weighted by atomic mass is 10.2. The van der Waals surface area contributed by atoms with Gasteiger partial charge in [-0.05, 0) is 12.8 Å². The predicted octanol–water partition coefficient (Wildman–Crippen LogP) is 0.103. The van der Waals surface area contributed by atoms with E-state index in [1.54, 1.807) is 0 Å². The first-order valence-corrected chi connectivity index (χ1v) is 6.01.